The Morgan fingerprint density at radius 3 is 2.42 bits per heavy atom. The molecule has 0 aliphatic rings. The summed E-state index contributed by atoms with van der Waals surface area (Å²) in [6.07, 6.45) is 0.156. The van der Waals surface area contributed by atoms with Gasteiger partial charge in [0, 0.05) is 22.9 Å². The number of rotatable bonds is 9. The summed E-state index contributed by atoms with van der Waals surface area (Å²) in [5.41, 5.74) is 2.57. The molecule has 0 saturated carbocycles. The zero-order valence-corrected chi connectivity index (χ0v) is 18.6. The number of carbonyl (C=O) groups excluding carboxylic acids is 1. The van der Waals surface area contributed by atoms with Gasteiger partial charge in [0.15, 0.2) is 12.4 Å². The number of Topliss-reactive ketones (excluding diaryl/α,β-unsaturated/α-hetero) is 1. The standard InChI is InChI=1S/C24H20ClF2NO5/c1-12(2)22(31)15-6-4-14(5-7-15)10-16-13(3)20-18(32-11-19(29)30)9-8-17(25)21(20)28-23(16)33-24(26)27/h4-9,24H,1,10-11H2,2-3H3,(H,29,30). The van der Waals surface area contributed by atoms with Crippen LogP contribution in [0.5, 0.6) is 11.6 Å². The van der Waals surface area contributed by atoms with Crippen molar-refractivity contribution in [2.24, 2.45) is 0 Å². The fourth-order valence-corrected chi connectivity index (χ4v) is 3.57. The molecule has 0 aliphatic carbocycles. The largest absolute Gasteiger partial charge is 0.481 e. The Morgan fingerprint density at radius 2 is 1.85 bits per heavy atom. The number of aliphatic carboxylic acids is 1. The Bertz CT molecular complexity index is 1240. The van der Waals surface area contributed by atoms with E-state index in [0.29, 0.717) is 33.2 Å². The minimum Gasteiger partial charge on any atom is -0.481 e. The third-order valence-electron chi connectivity index (χ3n) is 4.93. The van der Waals surface area contributed by atoms with Crippen LogP contribution in [0.2, 0.25) is 5.02 Å². The Kier molecular flexibility index (Phi) is 7.28. The SMILES string of the molecule is C=C(C)C(=O)c1ccc(Cc2c(OC(F)F)nc3c(Cl)ccc(OCC(=O)O)c3c2C)cc1. The average molecular weight is 476 g/mol. The number of allylic oxidation sites excluding steroid dienone is 1. The molecule has 1 aromatic heterocycles. The molecule has 1 N–H and O–H groups in total. The third kappa shape index (κ3) is 5.46. The van der Waals surface area contributed by atoms with Gasteiger partial charge in [-0.05, 0) is 42.7 Å². The number of hydrogen-bond acceptors (Lipinski definition) is 5. The molecule has 3 aromatic rings. The van der Waals surface area contributed by atoms with Crippen molar-refractivity contribution >= 4 is 34.3 Å². The molecule has 172 valence electrons. The van der Waals surface area contributed by atoms with Crippen molar-refractivity contribution < 1.29 is 33.0 Å². The minimum absolute atomic E-state index is 0.152. The van der Waals surface area contributed by atoms with E-state index < -0.39 is 19.2 Å². The summed E-state index contributed by atoms with van der Waals surface area (Å²) in [5.74, 6) is -1.46. The van der Waals surface area contributed by atoms with Gasteiger partial charge in [0.25, 0.3) is 0 Å². The lowest BCUT2D eigenvalue weighted by molar-refractivity contribution is -0.139. The highest BCUT2D eigenvalue weighted by Crippen LogP contribution is 2.38. The molecule has 0 saturated heterocycles. The number of ether oxygens (including phenoxy) is 2. The van der Waals surface area contributed by atoms with Crippen LogP contribution in [0.3, 0.4) is 0 Å². The van der Waals surface area contributed by atoms with Gasteiger partial charge in [-0.25, -0.2) is 9.78 Å². The maximum atomic E-state index is 13.1. The van der Waals surface area contributed by atoms with E-state index in [1.807, 2.05) is 0 Å². The molecule has 2 aromatic carbocycles. The smallest absolute Gasteiger partial charge is 0.388 e. The quantitative estimate of drug-likeness (QED) is 0.320. The highest BCUT2D eigenvalue weighted by atomic mass is 35.5. The lowest BCUT2D eigenvalue weighted by atomic mass is 9.96. The van der Waals surface area contributed by atoms with E-state index in [-0.39, 0.29) is 34.4 Å². The molecule has 0 radical (unpaired) electrons. The minimum atomic E-state index is -3.12. The number of benzene rings is 2. The van der Waals surface area contributed by atoms with Crippen molar-refractivity contribution in [2.75, 3.05) is 6.61 Å². The lowest BCUT2D eigenvalue weighted by Gasteiger charge is -2.18. The number of hydrogen-bond donors (Lipinski definition) is 1. The number of aryl methyl sites for hydroxylation is 1. The summed E-state index contributed by atoms with van der Waals surface area (Å²) in [4.78, 5) is 27.3. The molecule has 0 aliphatic heterocycles. The van der Waals surface area contributed by atoms with Crippen molar-refractivity contribution in [1.82, 2.24) is 4.98 Å². The maximum absolute atomic E-state index is 13.1. The van der Waals surface area contributed by atoms with Gasteiger partial charge in [0.2, 0.25) is 5.88 Å². The van der Waals surface area contributed by atoms with Crippen LogP contribution >= 0.6 is 11.6 Å². The maximum Gasteiger partial charge on any atom is 0.388 e. The van der Waals surface area contributed by atoms with Crippen LogP contribution in [0.4, 0.5) is 8.78 Å². The molecule has 1 heterocycles. The first-order valence-electron chi connectivity index (χ1n) is 9.78. The van der Waals surface area contributed by atoms with Crippen molar-refractivity contribution in [1.29, 1.82) is 0 Å². The van der Waals surface area contributed by atoms with Crippen LogP contribution in [0, 0.1) is 6.92 Å². The number of pyridine rings is 1. The van der Waals surface area contributed by atoms with Crippen molar-refractivity contribution in [3.05, 3.63) is 75.8 Å². The van der Waals surface area contributed by atoms with Crippen LogP contribution in [-0.4, -0.2) is 35.1 Å². The first-order valence-corrected chi connectivity index (χ1v) is 10.2. The first kappa shape index (κ1) is 24.1. The van der Waals surface area contributed by atoms with Gasteiger partial charge in [-0.3, -0.25) is 4.79 Å². The predicted octanol–water partition coefficient (Wildman–Crippen LogP) is 5.61. The molecular formula is C24H20ClF2NO5. The number of carboxylic acids is 1. The molecular weight excluding hydrogens is 456 g/mol. The molecule has 0 spiro atoms. The van der Waals surface area contributed by atoms with Crippen LogP contribution < -0.4 is 9.47 Å². The van der Waals surface area contributed by atoms with Crippen molar-refractivity contribution in [3.63, 3.8) is 0 Å². The summed E-state index contributed by atoms with van der Waals surface area (Å²) < 4.78 is 36.4. The summed E-state index contributed by atoms with van der Waals surface area (Å²) in [7, 11) is 0. The number of fused-ring (bicyclic) bond motifs is 1. The Morgan fingerprint density at radius 1 is 1.18 bits per heavy atom. The van der Waals surface area contributed by atoms with Gasteiger partial charge in [-0.2, -0.15) is 8.78 Å². The monoisotopic (exact) mass is 475 g/mol. The second-order valence-electron chi connectivity index (χ2n) is 7.33. The highest BCUT2D eigenvalue weighted by molar-refractivity contribution is 6.35. The van der Waals surface area contributed by atoms with Gasteiger partial charge in [-0.1, -0.05) is 42.4 Å². The van der Waals surface area contributed by atoms with E-state index in [9.17, 15) is 18.4 Å². The van der Waals surface area contributed by atoms with Gasteiger partial charge < -0.3 is 14.6 Å². The third-order valence-corrected chi connectivity index (χ3v) is 5.23. The van der Waals surface area contributed by atoms with E-state index >= 15 is 0 Å². The first-order chi connectivity index (χ1) is 15.6. The molecule has 0 atom stereocenters. The summed E-state index contributed by atoms with van der Waals surface area (Å²) in [5, 5.41) is 9.53. The van der Waals surface area contributed by atoms with Crippen LogP contribution in [0.25, 0.3) is 10.9 Å². The molecule has 0 unspecified atom stereocenters. The molecule has 0 fully saturated rings. The fraction of sp³-hybridized carbons (Fsp3) is 0.208. The zero-order chi connectivity index (χ0) is 24.3. The fourth-order valence-electron chi connectivity index (χ4n) is 3.37. The topological polar surface area (TPSA) is 85.7 Å². The van der Waals surface area contributed by atoms with Crippen molar-refractivity contribution in [3.8, 4) is 11.6 Å². The van der Waals surface area contributed by atoms with E-state index in [0.717, 1.165) is 0 Å². The summed E-state index contributed by atoms with van der Waals surface area (Å²) in [6, 6.07) is 9.59. The van der Waals surface area contributed by atoms with E-state index in [1.165, 1.54) is 12.1 Å². The number of ketones is 1. The summed E-state index contributed by atoms with van der Waals surface area (Å²) in [6.45, 7) is 3.20. The summed E-state index contributed by atoms with van der Waals surface area (Å²) >= 11 is 6.24. The molecule has 3 rings (SSSR count). The van der Waals surface area contributed by atoms with E-state index in [1.54, 1.807) is 38.1 Å². The molecule has 0 amide bonds. The molecule has 9 heteroatoms. The Balaban J connectivity index is 2.12. The van der Waals surface area contributed by atoms with Crippen LogP contribution in [0.1, 0.15) is 34.0 Å². The van der Waals surface area contributed by atoms with Crippen LogP contribution in [-0.2, 0) is 11.2 Å². The zero-order valence-electron chi connectivity index (χ0n) is 17.8. The molecule has 33 heavy (non-hydrogen) atoms. The van der Waals surface area contributed by atoms with Gasteiger partial charge in [0.1, 0.15) is 5.75 Å². The number of carboxylic acid groups (broad SMARTS) is 1. The van der Waals surface area contributed by atoms with E-state index in [2.05, 4.69) is 16.3 Å². The van der Waals surface area contributed by atoms with E-state index in [4.69, 9.17) is 21.4 Å². The van der Waals surface area contributed by atoms with Gasteiger partial charge in [-0.15, -0.1) is 0 Å². The van der Waals surface area contributed by atoms with Crippen molar-refractivity contribution in [2.45, 2.75) is 26.9 Å². The average Bonchev–Trinajstić information content (AvgIpc) is 2.75. The number of aromatic nitrogens is 1. The number of alkyl halides is 2. The highest BCUT2D eigenvalue weighted by Gasteiger charge is 2.21. The second-order valence-corrected chi connectivity index (χ2v) is 7.74. The predicted molar refractivity (Wildman–Crippen MR) is 120 cm³/mol. The molecule has 0 bridgehead atoms. The van der Waals surface area contributed by atoms with Crippen LogP contribution in [0.15, 0.2) is 48.6 Å². The normalized spacial score (nSPS) is 11.0. The molecule has 6 nitrogen and oxygen atoms in total. The number of nitrogens with zero attached hydrogens (tertiary/aromatic N) is 1. The number of halogens is 3. The van der Waals surface area contributed by atoms with Gasteiger partial charge >= 0.3 is 12.6 Å². The second kappa shape index (κ2) is 9.95. The Labute approximate surface area is 193 Å². The lowest BCUT2D eigenvalue weighted by Crippen LogP contribution is -2.11. The van der Waals surface area contributed by atoms with Gasteiger partial charge in [0.05, 0.1) is 10.5 Å². The Hall–Kier alpha value is -3.52. The number of carbonyl (C=O) groups is 2.